The minimum Gasteiger partial charge on any atom is -0.326 e. The van der Waals surface area contributed by atoms with Crippen molar-refractivity contribution in [1.29, 1.82) is 0 Å². The van der Waals surface area contributed by atoms with Crippen molar-refractivity contribution in [2.45, 2.75) is 32.4 Å². The third kappa shape index (κ3) is 5.49. The topological polar surface area (TPSA) is 78.8 Å². The molecule has 31 heavy (non-hydrogen) atoms. The fourth-order valence-electron chi connectivity index (χ4n) is 3.12. The van der Waals surface area contributed by atoms with E-state index in [-0.39, 0.29) is 24.0 Å². The van der Waals surface area contributed by atoms with Gasteiger partial charge in [0.25, 0.3) is 0 Å². The Kier molecular flexibility index (Phi) is 7.07. The van der Waals surface area contributed by atoms with E-state index in [1.54, 1.807) is 35.2 Å². The summed E-state index contributed by atoms with van der Waals surface area (Å²) in [5, 5.41) is 2.77. The average molecular weight is 436 g/mol. The minimum atomic E-state index is -0.568. The van der Waals surface area contributed by atoms with Crippen LogP contribution in [-0.4, -0.2) is 39.5 Å². The van der Waals surface area contributed by atoms with Crippen LogP contribution in [-0.2, 0) is 9.59 Å². The van der Waals surface area contributed by atoms with Crippen LogP contribution < -0.4 is 5.32 Å². The highest BCUT2D eigenvalue weighted by Crippen LogP contribution is 2.32. The predicted octanol–water partition coefficient (Wildman–Crippen LogP) is 4.65. The number of aryl methyl sites for hydroxylation is 2. The molecule has 1 atom stereocenters. The van der Waals surface area contributed by atoms with Gasteiger partial charge in [0.2, 0.25) is 11.8 Å². The average Bonchev–Trinajstić information content (AvgIpc) is 3.00. The van der Waals surface area contributed by atoms with Gasteiger partial charge >= 0.3 is 0 Å². The maximum absolute atomic E-state index is 12.9. The number of ketones is 1. The molecule has 1 aliphatic rings. The monoisotopic (exact) mass is 435 g/mol. The Morgan fingerprint density at radius 3 is 2.65 bits per heavy atom. The van der Waals surface area contributed by atoms with Gasteiger partial charge in [0.1, 0.15) is 5.25 Å². The van der Waals surface area contributed by atoms with Crippen molar-refractivity contribution in [3.05, 3.63) is 71.8 Å². The number of nitrogens with zero attached hydrogens (tertiary/aromatic N) is 2. The molecule has 1 heterocycles. The molecule has 0 spiro atoms. The molecule has 160 valence electrons. The number of amidine groups is 1. The number of carbonyl (C=O) groups is 3. The van der Waals surface area contributed by atoms with Gasteiger partial charge in [-0.25, -0.2) is 4.99 Å². The van der Waals surface area contributed by atoms with Crippen LogP contribution in [0.2, 0.25) is 0 Å². The summed E-state index contributed by atoms with van der Waals surface area (Å²) in [5.74, 6) is -0.539. The summed E-state index contributed by atoms with van der Waals surface area (Å²) in [4.78, 5) is 43.2. The van der Waals surface area contributed by atoms with Crippen molar-refractivity contribution in [3.8, 4) is 0 Å². The number of hydrogen-bond donors (Lipinski definition) is 1. The van der Waals surface area contributed by atoms with Crippen molar-refractivity contribution in [3.63, 3.8) is 0 Å². The zero-order chi connectivity index (χ0) is 22.5. The fraction of sp³-hybridized carbons (Fsp3) is 0.250. The lowest BCUT2D eigenvalue weighted by Crippen LogP contribution is -2.33. The van der Waals surface area contributed by atoms with Gasteiger partial charge in [-0.1, -0.05) is 36.0 Å². The number of aliphatic imine (C=N–C) groups is 1. The normalized spacial score (nSPS) is 17.1. The van der Waals surface area contributed by atoms with Gasteiger partial charge in [-0.3, -0.25) is 19.3 Å². The highest BCUT2D eigenvalue weighted by atomic mass is 32.2. The molecule has 2 amide bonds. The molecule has 2 aromatic carbocycles. The quantitative estimate of drug-likeness (QED) is 0.507. The second-order valence-corrected chi connectivity index (χ2v) is 8.57. The summed E-state index contributed by atoms with van der Waals surface area (Å²) in [6.45, 7) is 9.57. The number of nitrogens with one attached hydrogen (secondary N) is 1. The predicted molar refractivity (Wildman–Crippen MR) is 126 cm³/mol. The lowest BCUT2D eigenvalue weighted by Gasteiger charge is -2.14. The van der Waals surface area contributed by atoms with Crippen LogP contribution in [0.4, 0.5) is 11.4 Å². The molecule has 1 saturated heterocycles. The summed E-state index contributed by atoms with van der Waals surface area (Å²) in [6, 6.07) is 12.6. The number of Topliss-reactive ketones (excluding diaryl/α,β-unsaturated/α-hetero) is 1. The highest BCUT2D eigenvalue weighted by molar-refractivity contribution is 8.15. The fourth-order valence-corrected chi connectivity index (χ4v) is 4.29. The van der Waals surface area contributed by atoms with Crippen molar-refractivity contribution < 1.29 is 14.4 Å². The van der Waals surface area contributed by atoms with E-state index in [9.17, 15) is 14.4 Å². The van der Waals surface area contributed by atoms with Crippen LogP contribution >= 0.6 is 11.8 Å². The Morgan fingerprint density at radius 1 is 1.19 bits per heavy atom. The summed E-state index contributed by atoms with van der Waals surface area (Å²) in [6.07, 6.45) is 1.65. The molecule has 0 unspecified atom stereocenters. The van der Waals surface area contributed by atoms with E-state index in [2.05, 4.69) is 16.9 Å². The van der Waals surface area contributed by atoms with Crippen molar-refractivity contribution in [2.24, 2.45) is 4.99 Å². The van der Waals surface area contributed by atoms with Crippen molar-refractivity contribution in [1.82, 2.24) is 4.90 Å². The first-order valence-electron chi connectivity index (χ1n) is 9.94. The molecule has 1 fully saturated rings. The number of thioether (sulfide) groups is 1. The van der Waals surface area contributed by atoms with Crippen molar-refractivity contribution in [2.75, 3.05) is 11.9 Å². The summed E-state index contributed by atoms with van der Waals surface area (Å²) in [7, 11) is 0. The Hall–Kier alpha value is -3.19. The number of rotatable bonds is 7. The Bertz CT molecular complexity index is 1080. The molecule has 0 aromatic heterocycles. The Labute approximate surface area is 186 Å². The second-order valence-electron chi connectivity index (χ2n) is 7.40. The number of hydrogen-bond acceptors (Lipinski definition) is 5. The van der Waals surface area contributed by atoms with Crippen LogP contribution in [0.3, 0.4) is 0 Å². The van der Waals surface area contributed by atoms with Crippen LogP contribution in [0.1, 0.15) is 34.8 Å². The molecule has 0 aliphatic carbocycles. The number of amides is 2. The first-order valence-corrected chi connectivity index (χ1v) is 10.8. The van der Waals surface area contributed by atoms with Crippen LogP contribution in [0.5, 0.6) is 0 Å². The zero-order valence-electron chi connectivity index (χ0n) is 17.8. The maximum Gasteiger partial charge on any atom is 0.242 e. The standard InChI is InChI=1S/C24H25N3O3S/c1-5-11-27-23(30)21(31-24(27)26-20-10-9-15(2)16(3)12-20)14-22(29)25-19-8-6-7-18(13-19)17(4)28/h5-10,12-13,21H,1,11,14H2,2-4H3,(H,25,29)/t21-/m0/s1. The summed E-state index contributed by atoms with van der Waals surface area (Å²) < 4.78 is 0. The zero-order valence-corrected chi connectivity index (χ0v) is 18.7. The molecule has 1 N–H and O–H groups in total. The molecule has 2 aromatic rings. The smallest absolute Gasteiger partial charge is 0.242 e. The lowest BCUT2D eigenvalue weighted by molar-refractivity contribution is -0.127. The molecule has 1 aliphatic heterocycles. The van der Waals surface area contributed by atoms with Gasteiger partial charge < -0.3 is 5.32 Å². The SMILES string of the molecule is C=CCN1C(=O)[C@H](CC(=O)Nc2cccc(C(C)=O)c2)SC1=Nc1ccc(C)c(C)c1. The Balaban J connectivity index is 1.75. The van der Waals surface area contributed by atoms with Gasteiger partial charge in [-0.05, 0) is 56.2 Å². The van der Waals surface area contributed by atoms with Gasteiger partial charge in [0.05, 0.1) is 5.69 Å². The molecule has 0 saturated carbocycles. The van der Waals surface area contributed by atoms with Crippen molar-refractivity contribution >= 4 is 45.9 Å². The van der Waals surface area contributed by atoms with E-state index < -0.39 is 5.25 Å². The molecular formula is C24H25N3O3S. The van der Waals surface area contributed by atoms with E-state index in [1.807, 2.05) is 32.0 Å². The van der Waals surface area contributed by atoms with Crippen LogP contribution in [0.25, 0.3) is 0 Å². The van der Waals surface area contributed by atoms with Gasteiger partial charge in [0, 0.05) is 24.2 Å². The van der Waals surface area contributed by atoms with E-state index >= 15 is 0 Å². The van der Waals surface area contributed by atoms with Gasteiger partial charge in [-0.2, -0.15) is 0 Å². The van der Waals surface area contributed by atoms with E-state index in [1.165, 1.54) is 24.2 Å². The number of carbonyl (C=O) groups excluding carboxylic acids is 3. The summed E-state index contributed by atoms with van der Waals surface area (Å²) >= 11 is 1.28. The molecular weight excluding hydrogens is 410 g/mol. The molecule has 3 rings (SSSR count). The highest BCUT2D eigenvalue weighted by Gasteiger charge is 2.38. The molecule has 0 radical (unpaired) electrons. The van der Waals surface area contributed by atoms with Gasteiger partial charge in [0.15, 0.2) is 11.0 Å². The first kappa shape index (κ1) is 22.5. The largest absolute Gasteiger partial charge is 0.326 e. The lowest BCUT2D eigenvalue weighted by atomic mass is 10.1. The summed E-state index contributed by atoms with van der Waals surface area (Å²) in [5.41, 5.74) is 4.10. The van der Waals surface area contributed by atoms with Crippen LogP contribution in [0, 0.1) is 13.8 Å². The number of anilines is 1. The molecule has 0 bridgehead atoms. The molecule has 6 nitrogen and oxygen atoms in total. The maximum atomic E-state index is 12.9. The third-order valence-electron chi connectivity index (χ3n) is 4.97. The van der Waals surface area contributed by atoms with Gasteiger partial charge in [-0.15, -0.1) is 6.58 Å². The van der Waals surface area contributed by atoms with Crippen LogP contribution in [0.15, 0.2) is 60.1 Å². The molecule has 7 heteroatoms. The van der Waals surface area contributed by atoms with E-state index in [0.29, 0.717) is 23.0 Å². The number of benzene rings is 2. The van der Waals surface area contributed by atoms with E-state index in [4.69, 9.17) is 0 Å². The van der Waals surface area contributed by atoms with E-state index in [0.717, 1.165) is 11.3 Å². The third-order valence-corrected chi connectivity index (χ3v) is 6.15. The first-order chi connectivity index (χ1) is 14.8. The second kappa shape index (κ2) is 9.75. The Morgan fingerprint density at radius 2 is 1.97 bits per heavy atom. The minimum absolute atomic E-state index is 0.00733.